The van der Waals surface area contributed by atoms with Gasteiger partial charge in [0.1, 0.15) is 18.0 Å². The first-order valence-electron chi connectivity index (χ1n) is 8.12. The molecular formula is C16H28N4O. The van der Waals surface area contributed by atoms with Crippen molar-refractivity contribution in [2.24, 2.45) is 5.92 Å². The predicted octanol–water partition coefficient (Wildman–Crippen LogP) is 2.72. The van der Waals surface area contributed by atoms with Gasteiger partial charge in [0.25, 0.3) is 0 Å². The third kappa shape index (κ3) is 4.30. The van der Waals surface area contributed by atoms with Crippen molar-refractivity contribution in [1.29, 1.82) is 0 Å². The molecule has 1 aromatic rings. The summed E-state index contributed by atoms with van der Waals surface area (Å²) in [6, 6.07) is 0. The highest BCUT2D eigenvalue weighted by Crippen LogP contribution is 2.26. The molecule has 1 aliphatic heterocycles. The molecule has 1 aromatic heterocycles. The average molecular weight is 292 g/mol. The first kappa shape index (κ1) is 16.0. The third-order valence-electron chi connectivity index (χ3n) is 3.92. The Balaban J connectivity index is 2.13. The van der Waals surface area contributed by atoms with Gasteiger partial charge < -0.3 is 15.0 Å². The van der Waals surface area contributed by atoms with Gasteiger partial charge in [-0.25, -0.2) is 9.97 Å². The van der Waals surface area contributed by atoms with Crippen LogP contribution in [0.1, 0.15) is 38.7 Å². The van der Waals surface area contributed by atoms with Crippen LogP contribution in [0.15, 0.2) is 6.33 Å². The molecule has 1 saturated heterocycles. The van der Waals surface area contributed by atoms with Gasteiger partial charge in [0.2, 0.25) is 0 Å². The number of anilines is 2. The molecule has 1 atom stereocenters. The average Bonchev–Trinajstić information content (AvgIpc) is 2.50. The van der Waals surface area contributed by atoms with Crippen molar-refractivity contribution in [1.82, 2.24) is 9.97 Å². The summed E-state index contributed by atoms with van der Waals surface area (Å²) in [5.74, 6) is 2.65. The number of ether oxygens (including phenoxy) is 1. The minimum absolute atomic E-state index is 0.607. The quantitative estimate of drug-likeness (QED) is 0.837. The summed E-state index contributed by atoms with van der Waals surface area (Å²) in [7, 11) is 2.13. The van der Waals surface area contributed by atoms with E-state index in [4.69, 9.17) is 4.74 Å². The number of aromatic nitrogens is 2. The number of hydrogen-bond donors (Lipinski definition) is 1. The molecule has 1 fully saturated rings. The van der Waals surface area contributed by atoms with Gasteiger partial charge in [0.15, 0.2) is 0 Å². The van der Waals surface area contributed by atoms with Crippen LogP contribution in [0.4, 0.5) is 11.6 Å². The summed E-state index contributed by atoms with van der Waals surface area (Å²) in [6.07, 6.45) is 6.19. The van der Waals surface area contributed by atoms with Crippen LogP contribution in [0.2, 0.25) is 0 Å². The van der Waals surface area contributed by atoms with E-state index in [1.54, 1.807) is 6.33 Å². The molecule has 0 saturated carbocycles. The minimum atomic E-state index is 0.607. The highest BCUT2D eigenvalue weighted by Gasteiger charge is 2.19. The molecule has 1 aliphatic rings. The summed E-state index contributed by atoms with van der Waals surface area (Å²) in [5.41, 5.74) is 1.24. The maximum Gasteiger partial charge on any atom is 0.137 e. The fourth-order valence-electron chi connectivity index (χ4n) is 2.96. The molecule has 1 unspecified atom stereocenters. The Morgan fingerprint density at radius 3 is 2.90 bits per heavy atom. The van der Waals surface area contributed by atoms with Crippen molar-refractivity contribution in [3.63, 3.8) is 0 Å². The lowest BCUT2D eigenvalue weighted by molar-refractivity contribution is 0.0576. The SMILES string of the molecule is CCCc1c(NCC)ncnc1N(C)CC1CCCOC1. The maximum absolute atomic E-state index is 5.59. The number of rotatable bonds is 7. The minimum Gasteiger partial charge on any atom is -0.381 e. The summed E-state index contributed by atoms with van der Waals surface area (Å²) < 4.78 is 5.59. The van der Waals surface area contributed by atoms with Gasteiger partial charge in [-0.3, -0.25) is 0 Å². The molecule has 1 N–H and O–H groups in total. The van der Waals surface area contributed by atoms with E-state index in [0.29, 0.717) is 5.92 Å². The predicted molar refractivity (Wildman–Crippen MR) is 87.0 cm³/mol. The van der Waals surface area contributed by atoms with Crippen LogP contribution in [0.25, 0.3) is 0 Å². The van der Waals surface area contributed by atoms with Crippen molar-refractivity contribution in [2.45, 2.75) is 39.5 Å². The van der Waals surface area contributed by atoms with Crippen molar-refractivity contribution in [3.8, 4) is 0 Å². The van der Waals surface area contributed by atoms with Crippen LogP contribution in [-0.2, 0) is 11.2 Å². The number of nitrogens with one attached hydrogen (secondary N) is 1. The van der Waals surface area contributed by atoms with Crippen LogP contribution in [0, 0.1) is 5.92 Å². The topological polar surface area (TPSA) is 50.3 Å². The molecule has 0 aliphatic carbocycles. The second kappa shape index (κ2) is 8.17. The van der Waals surface area contributed by atoms with Crippen LogP contribution in [-0.4, -0.2) is 43.3 Å². The Bertz CT molecular complexity index is 432. The zero-order valence-corrected chi connectivity index (χ0v) is 13.6. The Morgan fingerprint density at radius 2 is 2.24 bits per heavy atom. The molecule has 2 rings (SSSR count). The van der Waals surface area contributed by atoms with Gasteiger partial charge in [-0.2, -0.15) is 0 Å². The summed E-state index contributed by atoms with van der Waals surface area (Å²) in [6.45, 7) is 7.96. The van der Waals surface area contributed by atoms with Crippen molar-refractivity contribution in [2.75, 3.05) is 43.6 Å². The smallest absolute Gasteiger partial charge is 0.137 e. The Morgan fingerprint density at radius 1 is 1.38 bits per heavy atom. The first-order chi connectivity index (χ1) is 10.3. The molecule has 0 aromatic carbocycles. The first-order valence-corrected chi connectivity index (χ1v) is 8.12. The Labute approximate surface area is 128 Å². The normalized spacial score (nSPS) is 18.5. The van der Waals surface area contributed by atoms with E-state index < -0.39 is 0 Å². The standard InChI is InChI=1S/C16H28N4O/c1-4-7-14-15(17-5-2)18-12-19-16(14)20(3)10-13-8-6-9-21-11-13/h12-13H,4-11H2,1-3H3,(H,17,18,19). The highest BCUT2D eigenvalue weighted by molar-refractivity contribution is 5.58. The second-order valence-corrected chi connectivity index (χ2v) is 5.77. The fourth-order valence-corrected chi connectivity index (χ4v) is 2.96. The van der Waals surface area contributed by atoms with E-state index in [1.807, 2.05) is 0 Å². The van der Waals surface area contributed by atoms with E-state index in [9.17, 15) is 0 Å². The van der Waals surface area contributed by atoms with Gasteiger partial charge in [-0.1, -0.05) is 13.3 Å². The molecular weight excluding hydrogens is 264 g/mol. The van der Waals surface area contributed by atoms with Gasteiger partial charge in [0, 0.05) is 32.3 Å². The molecule has 118 valence electrons. The largest absolute Gasteiger partial charge is 0.381 e. The molecule has 0 bridgehead atoms. The second-order valence-electron chi connectivity index (χ2n) is 5.77. The zero-order chi connectivity index (χ0) is 15.1. The van der Waals surface area contributed by atoms with Gasteiger partial charge >= 0.3 is 0 Å². The van der Waals surface area contributed by atoms with E-state index >= 15 is 0 Å². The highest BCUT2D eigenvalue weighted by atomic mass is 16.5. The van der Waals surface area contributed by atoms with Crippen molar-refractivity contribution >= 4 is 11.6 Å². The van der Waals surface area contributed by atoms with E-state index in [0.717, 1.165) is 50.8 Å². The van der Waals surface area contributed by atoms with E-state index in [1.165, 1.54) is 18.4 Å². The van der Waals surface area contributed by atoms with Gasteiger partial charge in [-0.05, 0) is 32.1 Å². The van der Waals surface area contributed by atoms with E-state index in [2.05, 4.69) is 41.1 Å². The van der Waals surface area contributed by atoms with Gasteiger partial charge in [0.05, 0.1) is 6.61 Å². The molecule has 0 amide bonds. The molecule has 21 heavy (non-hydrogen) atoms. The number of nitrogens with zero attached hydrogens (tertiary/aromatic N) is 3. The van der Waals surface area contributed by atoms with Crippen LogP contribution >= 0.6 is 0 Å². The lowest BCUT2D eigenvalue weighted by atomic mass is 10.0. The molecule has 5 nitrogen and oxygen atoms in total. The Kier molecular flexibility index (Phi) is 6.23. The lowest BCUT2D eigenvalue weighted by Crippen LogP contribution is -2.32. The lowest BCUT2D eigenvalue weighted by Gasteiger charge is -2.29. The van der Waals surface area contributed by atoms with Gasteiger partial charge in [-0.15, -0.1) is 0 Å². The summed E-state index contributed by atoms with van der Waals surface area (Å²) in [4.78, 5) is 11.2. The van der Waals surface area contributed by atoms with Crippen molar-refractivity contribution in [3.05, 3.63) is 11.9 Å². The van der Waals surface area contributed by atoms with Crippen molar-refractivity contribution < 1.29 is 4.74 Å². The van der Waals surface area contributed by atoms with Crippen LogP contribution in [0.5, 0.6) is 0 Å². The monoisotopic (exact) mass is 292 g/mol. The fraction of sp³-hybridized carbons (Fsp3) is 0.750. The Hall–Kier alpha value is -1.36. The molecule has 0 radical (unpaired) electrons. The third-order valence-corrected chi connectivity index (χ3v) is 3.92. The molecule has 5 heteroatoms. The zero-order valence-electron chi connectivity index (χ0n) is 13.6. The number of hydrogen-bond acceptors (Lipinski definition) is 5. The molecule has 0 spiro atoms. The van der Waals surface area contributed by atoms with Crippen LogP contribution < -0.4 is 10.2 Å². The maximum atomic E-state index is 5.59. The summed E-state index contributed by atoms with van der Waals surface area (Å²) >= 11 is 0. The van der Waals surface area contributed by atoms with Crippen LogP contribution in [0.3, 0.4) is 0 Å². The van der Waals surface area contributed by atoms with E-state index in [-0.39, 0.29) is 0 Å². The molecule has 2 heterocycles. The summed E-state index contributed by atoms with van der Waals surface area (Å²) in [5, 5.41) is 3.36.